The van der Waals surface area contributed by atoms with Crippen molar-refractivity contribution >= 4 is 60.5 Å². The van der Waals surface area contributed by atoms with E-state index in [1.165, 1.54) is 77.0 Å². The molecule has 0 N–H and O–H groups in total. The molecular weight excluding hydrogens is 561 g/mol. The van der Waals surface area contributed by atoms with E-state index in [9.17, 15) is 17.5 Å². The van der Waals surface area contributed by atoms with Crippen LogP contribution >= 0.6 is 0 Å². The van der Waals surface area contributed by atoms with Gasteiger partial charge < -0.3 is 17.5 Å². The largest absolute Gasteiger partial charge is 2.00 e. The van der Waals surface area contributed by atoms with Crippen molar-refractivity contribution in [2.24, 2.45) is 0 Å². The molecule has 216 valence electrons. The van der Waals surface area contributed by atoms with Gasteiger partial charge in [0.1, 0.15) is 34.2 Å². The van der Waals surface area contributed by atoms with Gasteiger partial charge in [-0.2, -0.15) is 0 Å². The molecular formula is C30H46CaO6S2. The SMILES string of the molecule is CCCCCCCCCc1ccccc1OS(=O)[O-].CCCCCCCCCc1ccccc1OS(=O)[O-].[Ca+2]. The molecule has 2 atom stereocenters. The van der Waals surface area contributed by atoms with Crippen LogP contribution in [0.5, 0.6) is 11.5 Å². The van der Waals surface area contributed by atoms with Crippen LogP contribution in [0.1, 0.15) is 115 Å². The van der Waals surface area contributed by atoms with E-state index in [2.05, 4.69) is 13.8 Å². The van der Waals surface area contributed by atoms with E-state index in [1.54, 1.807) is 24.3 Å². The Labute approximate surface area is 272 Å². The Morgan fingerprint density at radius 1 is 0.538 bits per heavy atom. The maximum atomic E-state index is 10.6. The van der Waals surface area contributed by atoms with Gasteiger partial charge in [-0.25, -0.2) is 8.42 Å². The Kier molecular flexibility index (Phi) is 26.1. The zero-order valence-electron chi connectivity index (χ0n) is 23.9. The monoisotopic (exact) mass is 606 g/mol. The molecule has 0 spiro atoms. The minimum atomic E-state index is -2.49. The smallest absolute Gasteiger partial charge is 0.740 e. The van der Waals surface area contributed by atoms with Gasteiger partial charge in [-0.15, -0.1) is 0 Å². The molecule has 2 rings (SSSR count). The van der Waals surface area contributed by atoms with Crippen LogP contribution in [-0.2, 0) is 35.6 Å². The summed E-state index contributed by atoms with van der Waals surface area (Å²) in [5.41, 5.74) is 1.94. The molecule has 0 fully saturated rings. The quantitative estimate of drug-likeness (QED) is 0.0862. The van der Waals surface area contributed by atoms with Crippen molar-refractivity contribution in [3.63, 3.8) is 0 Å². The van der Waals surface area contributed by atoms with Crippen LogP contribution in [-0.4, -0.2) is 55.3 Å². The average molecular weight is 607 g/mol. The fourth-order valence-electron chi connectivity index (χ4n) is 4.28. The maximum Gasteiger partial charge on any atom is 2.00 e. The number of hydrogen-bond acceptors (Lipinski definition) is 6. The Morgan fingerprint density at radius 2 is 0.846 bits per heavy atom. The molecule has 2 unspecified atom stereocenters. The normalized spacial score (nSPS) is 12.0. The van der Waals surface area contributed by atoms with Crippen molar-refractivity contribution in [3.05, 3.63) is 59.7 Å². The molecule has 0 aliphatic rings. The first-order valence-corrected chi connectivity index (χ1v) is 16.2. The van der Waals surface area contributed by atoms with Crippen molar-refractivity contribution in [2.75, 3.05) is 0 Å². The fraction of sp³-hybridized carbons (Fsp3) is 0.600. The van der Waals surface area contributed by atoms with Gasteiger partial charge in [0.25, 0.3) is 0 Å². The van der Waals surface area contributed by atoms with Crippen LogP contribution in [0, 0.1) is 0 Å². The molecule has 0 amide bonds. The van der Waals surface area contributed by atoms with Gasteiger partial charge in [-0.3, -0.25) is 0 Å². The molecule has 0 aliphatic carbocycles. The molecule has 6 nitrogen and oxygen atoms in total. The predicted molar refractivity (Wildman–Crippen MR) is 161 cm³/mol. The molecule has 0 aromatic heterocycles. The van der Waals surface area contributed by atoms with Gasteiger partial charge in [-0.1, -0.05) is 127 Å². The predicted octanol–water partition coefficient (Wildman–Crippen LogP) is 7.92. The first kappa shape index (κ1) is 38.5. The topological polar surface area (TPSA) is 98.7 Å². The summed E-state index contributed by atoms with van der Waals surface area (Å²) < 4.78 is 51.8. The number of hydrogen-bond donors (Lipinski definition) is 0. The zero-order valence-corrected chi connectivity index (χ0v) is 27.7. The average Bonchev–Trinajstić information content (AvgIpc) is 2.89. The summed E-state index contributed by atoms with van der Waals surface area (Å²) in [4.78, 5) is 0. The first-order valence-electron chi connectivity index (χ1n) is 14.2. The van der Waals surface area contributed by atoms with Crippen LogP contribution in [0.15, 0.2) is 48.5 Å². The summed E-state index contributed by atoms with van der Waals surface area (Å²) in [5.74, 6) is 0.920. The van der Waals surface area contributed by atoms with E-state index in [0.717, 1.165) is 36.8 Å². The van der Waals surface area contributed by atoms with Crippen molar-refractivity contribution in [1.82, 2.24) is 0 Å². The second-order valence-electron chi connectivity index (χ2n) is 9.53. The molecule has 0 aliphatic heterocycles. The molecule has 0 saturated heterocycles. The van der Waals surface area contributed by atoms with Crippen molar-refractivity contribution in [3.8, 4) is 11.5 Å². The minimum Gasteiger partial charge on any atom is -0.740 e. The van der Waals surface area contributed by atoms with Crippen LogP contribution < -0.4 is 8.37 Å². The number of para-hydroxylation sites is 2. The molecule has 2 aromatic rings. The van der Waals surface area contributed by atoms with Gasteiger partial charge in [0, 0.05) is 0 Å². The van der Waals surface area contributed by atoms with E-state index in [4.69, 9.17) is 8.37 Å². The second kappa shape index (κ2) is 26.4. The maximum absolute atomic E-state index is 10.6. The Hall–Kier alpha value is -0.480. The summed E-state index contributed by atoms with van der Waals surface area (Å²) >= 11 is -4.98. The van der Waals surface area contributed by atoms with Gasteiger partial charge in [0.15, 0.2) is 0 Å². The van der Waals surface area contributed by atoms with E-state index in [0.29, 0.717) is 11.5 Å². The van der Waals surface area contributed by atoms with Crippen LogP contribution in [0.4, 0.5) is 0 Å². The van der Waals surface area contributed by atoms with Gasteiger partial charge in [0.2, 0.25) is 0 Å². The van der Waals surface area contributed by atoms with Gasteiger partial charge >= 0.3 is 37.7 Å². The minimum absolute atomic E-state index is 0. The standard InChI is InChI=1S/2C15H24O3S.Ca/c2*1-2-3-4-5-6-7-8-11-14-12-9-10-13-15(14)18-19(16)17;/h2*9-10,12-13H,2-8,11H2,1H3,(H,16,17);/q;;+2/p-2. The molecule has 9 heteroatoms. The number of rotatable bonds is 20. The summed E-state index contributed by atoms with van der Waals surface area (Å²) in [5, 5.41) is 0. The molecule has 0 radical (unpaired) electrons. The Morgan fingerprint density at radius 3 is 1.18 bits per heavy atom. The fourth-order valence-corrected chi connectivity index (χ4v) is 4.89. The number of unbranched alkanes of at least 4 members (excludes halogenated alkanes) is 12. The van der Waals surface area contributed by atoms with Crippen molar-refractivity contribution in [2.45, 2.75) is 117 Å². The van der Waals surface area contributed by atoms with E-state index in [-0.39, 0.29) is 37.7 Å². The summed E-state index contributed by atoms with van der Waals surface area (Å²) in [6, 6.07) is 14.7. The zero-order chi connectivity index (χ0) is 27.8. The molecule has 0 bridgehead atoms. The van der Waals surface area contributed by atoms with Crippen molar-refractivity contribution < 1.29 is 25.9 Å². The van der Waals surface area contributed by atoms with Crippen LogP contribution in [0.2, 0.25) is 0 Å². The Balaban J connectivity index is 0.000000722. The van der Waals surface area contributed by atoms with Crippen molar-refractivity contribution in [1.29, 1.82) is 0 Å². The van der Waals surface area contributed by atoms with E-state index in [1.807, 2.05) is 24.3 Å². The molecule has 0 heterocycles. The molecule has 2 aromatic carbocycles. The summed E-state index contributed by atoms with van der Waals surface area (Å²) in [7, 11) is 0. The third-order valence-electron chi connectivity index (χ3n) is 6.36. The summed E-state index contributed by atoms with van der Waals surface area (Å²) in [6.45, 7) is 4.44. The number of aryl methyl sites for hydroxylation is 2. The number of benzene rings is 2. The summed E-state index contributed by atoms with van der Waals surface area (Å²) in [6.07, 6.45) is 19.3. The third kappa shape index (κ3) is 21.0. The van der Waals surface area contributed by atoms with E-state index < -0.39 is 22.7 Å². The van der Waals surface area contributed by atoms with Gasteiger partial charge in [0.05, 0.1) is 0 Å². The third-order valence-corrected chi connectivity index (χ3v) is 6.99. The second-order valence-corrected chi connectivity index (χ2v) is 10.7. The van der Waals surface area contributed by atoms with Crippen LogP contribution in [0.25, 0.3) is 0 Å². The van der Waals surface area contributed by atoms with E-state index >= 15 is 0 Å². The molecule has 0 saturated carbocycles. The van der Waals surface area contributed by atoms with Crippen LogP contribution in [0.3, 0.4) is 0 Å². The first-order chi connectivity index (χ1) is 18.5. The molecule has 39 heavy (non-hydrogen) atoms. The Bertz CT molecular complexity index is 839. The van der Waals surface area contributed by atoms with Gasteiger partial charge in [-0.05, 0) is 48.9 Å².